The summed E-state index contributed by atoms with van der Waals surface area (Å²) in [5.41, 5.74) is 3.42. The number of methoxy groups -OCH3 is 1. The number of rotatable bonds is 4. The molecule has 1 aromatic carbocycles. The molecule has 1 unspecified atom stereocenters. The Kier molecular flexibility index (Phi) is 4.56. The smallest absolute Gasteiger partial charge is 0.119 e. The molecule has 0 amide bonds. The molecule has 0 radical (unpaired) electrons. The lowest BCUT2D eigenvalue weighted by molar-refractivity contribution is 0.413. The van der Waals surface area contributed by atoms with Gasteiger partial charge in [0.2, 0.25) is 0 Å². The maximum atomic E-state index is 5.30. The summed E-state index contributed by atoms with van der Waals surface area (Å²) in [6.45, 7) is 2.05. The van der Waals surface area contributed by atoms with Crippen LogP contribution in [0.5, 0.6) is 5.75 Å². The van der Waals surface area contributed by atoms with Crippen molar-refractivity contribution in [3.05, 3.63) is 57.8 Å². The number of benzene rings is 1. The number of nitrogens with zero attached hydrogens (tertiary/aromatic N) is 1. The van der Waals surface area contributed by atoms with Gasteiger partial charge < -0.3 is 10.1 Å². The van der Waals surface area contributed by atoms with Crippen molar-refractivity contribution in [2.24, 2.45) is 0 Å². The number of aromatic nitrogens is 1. The highest BCUT2D eigenvalue weighted by atomic mass is 79.9. The molecule has 0 aliphatic rings. The van der Waals surface area contributed by atoms with E-state index in [4.69, 9.17) is 4.74 Å². The Bertz CT molecular complexity index is 572. The van der Waals surface area contributed by atoms with Gasteiger partial charge in [-0.15, -0.1) is 0 Å². The number of pyridine rings is 1. The van der Waals surface area contributed by atoms with Gasteiger partial charge in [-0.2, -0.15) is 0 Å². The summed E-state index contributed by atoms with van der Waals surface area (Å²) in [6, 6.07) is 8.20. The highest BCUT2D eigenvalue weighted by Crippen LogP contribution is 2.31. The minimum atomic E-state index is 0.0804. The standard InChI is InChI=1S/C15H17BrN2O/c1-10-6-11(9-18-8-10)15(17-2)13-7-12(19-3)4-5-14(13)16/h4-9,15,17H,1-3H3. The number of hydrogen-bond acceptors (Lipinski definition) is 3. The molecule has 3 nitrogen and oxygen atoms in total. The van der Waals surface area contributed by atoms with Gasteiger partial charge in [0, 0.05) is 16.9 Å². The van der Waals surface area contributed by atoms with E-state index in [1.165, 1.54) is 0 Å². The second-order valence-electron chi connectivity index (χ2n) is 4.40. The molecule has 1 atom stereocenters. The molecule has 0 aliphatic carbocycles. The number of ether oxygens (including phenoxy) is 1. The fourth-order valence-electron chi connectivity index (χ4n) is 2.11. The van der Waals surface area contributed by atoms with E-state index in [1.807, 2.05) is 44.6 Å². The van der Waals surface area contributed by atoms with E-state index in [0.717, 1.165) is 26.9 Å². The predicted molar refractivity (Wildman–Crippen MR) is 80.6 cm³/mol. The topological polar surface area (TPSA) is 34.2 Å². The molecule has 0 saturated heterocycles. The van der Waals surface area contributed by atoms with Crippen molar-refractivity contribution in [2.45, 2.75) is 13.0 Å². The number of halogens is 1. The van der Waals surface area contributed by atoms with Gasteiger partial charge in [-0.25, -0.2) is 0 Å². The Labute approximate surface area is 122 Å². The largest absolute Gasteiger partial charge is 0.497 e. The minimum absolute atomic E-state index is 0.0804. The summed E-state index contributed by atoms with van der Waals surface area (Å²) in [5, 5.41) is 3.33. The predicted octanol–water partition coefficient (Wildman–Crippen LogP) is 3.47. The van der Waals surface area contributed by atoms with Crippen LogP contribution in [0.3, 0.4) is 0 Å². The molecule has 1 heterocycles. The zero-order valence-electron chi connectivity index (χ0n) is 11.3. The van der Waals surface area contributed by atoms with Crippen molar-refractivity contribution in [1.29, 1.82) is 0 Å². The number of aryl methyl sites for hydroxylation is 1. The first kappa shape index (κ1) is 14.0. The third kappa shape index (κ3) is 3.14. The van der Waals surface area contributed by atoms with Crippen molar-refractivity contribution in [2.75, 3.05) is 14.2 Å². The summed E-state index contributed by atoms with van der Waals surface area (Å²) in [7, 11) is 3.62. The minimum Gasteiger partial charge on any atom is -0.497 e. The van der Waals surface area contributed by atoms with Gasteiger partial charge in [-0.05, 0) is 48.9 Å². The molecule has 4 heteroatoms. The fraction of sp³-hybridized carbons (Fsp3) is 0.267. The summed E-state index contributed by atoms with van der Waals surface area (Å²) in [4.78, 5) is 4.26. The van der Waals surface area contributed by atoms with Crippen LogP contribution in [0.15, 0.2) is 41.1 Å². The normalized spacial score (nSPS) is 12.2. The Hall–Kier alpha value is -1.39. The van der Waals surface area contributed by atoms with E-state index < -0.39 is 0 Å². The Morgan fingerprint density at radius 2 is 2.05 bits per heavy atom. The van der Waals surface area contributed by atoms with Crippen LogP contribution in [-0.4, -0.2) is 19.1 Å². The summed E-state index contributed by atoms with van der Waals surface area (Å²) in [6.07, 6.45) is 3.75. The van der Waals surface area contributed by atoms with E-state index >= 15 is 0 Å². The van der Waals surface area contributed by atoms with E-state index in [9.17, 15) is 0 Å². The lowest BCUT2D eigenvalue weighted by Crippen LogP contribution is -2.18. The van der Waals surface area contributed by atoms with Gasteiger partial charge in [-0.3, -0.25) is 4.98 Å². The molecule has 0 saturated carbocycles. The molecule has 1 aromatic heterocycles. The molecule has 0 aliphatic heterocycles. The van der Waals surface area contributed by atoms with Crippen molar-refractivity contribution < 1.29 is 4.74 Å². The molecular formula is C15H17BrN2O. The fourth-order valence-corrected chi connectivity index (χ4v) is 2.58. The molecule has 0 fully saturated rings. The van der Waals surface area contributed by atoms with Gasteiger partial charge in [0.1, 0.15) is 5.75 Å². The third-order valence-electron chi connectivity index (χ3n) is 3.03. The van der Waals surface area contributed by atoms with Crippen LogP contribution in [0.2, 0.25) is 0 Å². The number of nitrogens with one attached hydrogen (secondary N) is 1. The highest BCUT2D eigenvalue weighted by Gasteiger charge is 2.16. The first-order valence-corrected chi connectivity index (χ1v) is 6.87. The molecule has 1 N–H and O–H groups in total. The van der Waals surface area contributed by atoms with Crippen LogP contribution >= 0.6 is 15.9 Å². The first-order valence-electron chi connectivity index (χ1n) is 6.08. The van der Waals surface area contributed by atoms with Crippen molar-refractivity contribution >= 4 is 15.9 Å². The van der Waals surface area contributed by atoms with Crippen molar-refractivity contribution in [1.82, 2.24) is 10.3 Å². The SMILES string of the molecule is CNC(c1cncc(C)c1)c1cc(OC)ccc1Br. The Morgan fingerprint density at radius 1 is 1.26 bits per heavy atom. The van der Waals surface area contributed by atoms with Crippen LogP contribution in [0.25, 0.3) is 0 Å². The maximum absolute atomic E-state index is 5.30. The second kappa shape index (κ2) is 6.17. The summed E-state index contributed by atoms with van der Waals surface area (Å²) < 4.78 is 6.35. The Morgan fingerprint density at radius 3 is 2.68 bits per heavy atom. The van der Waals surface area contributed by atoms with Crippen LogP contribution in [0.1, 0.15) is 22.7 Å². The van der Waals surface area contributed by atoms with E-state index in [-0.39, 0.29) is 6.04 Å². The monoisotopic (exact) mass is 320 g/mol. The molecule has 0 spiro atoms. The average Bonchev–Trinajstić information content (AvgIpc) is 2.42. The van der Waals surface area contributed by atoms with Crippen molar-refractivity contribution in [3.8, 4) is 5.75 Å². The van der Waals surface area contributed by atoms with Gasteiger partial charge in [0.25, 0.3) is 0 Å². The Balaban J connectivity index is 2.47. The lowest BCUT2D eigenvalue weighted by atomic mass is 9.99. The maximum Gasteiger partial charge on any atom is 0.119 e. The van der Waals surface area contributed by atoms with Gasteiger partial charge in [-0.1, -0.05) is 22.0 Å². The van der Waals surface area contributed by atoms with Crippen LogP contribution in [-0.2, 0) is 0 Å². The van der Waals surface area contributed by atoms with E-state index in [0.29, 0.717) is 0 Å². The molecule has 100 valence electrons. The quantitative estimate of drug-likeness (QED) is 0.936. The molecule has 0 bridgehead atoms. The zero-order valence-corrected chi connectivity index (χ0v) is 12.9. The van der Waals surface area contributed by atoms with Gasteiger partial charge in [0.15, 0.2) is 0 Å². The van der Waals surface area contributed by atoms with Gasteiger partial charge >= 0.3 is 0 Å². The molecule has 2 aromatic rings. The molecule has 19 heavy (non-hydrogen) atoms. The zero-order chi connectivity index (χ0) is 13.8. The third-order valence-corrected chi connectivity index (χ3v) is 3.75. The second-order valence-corrected chi connectivity index (χ2v) is 5.26. The lowest BCUT2D eigenvalue weighted by Gasteiger charge is -2.19. The highest BCUT2D eigenvalue weighted by molar-refractivity contribution is 9.10. The van der Waals surface area contributed by atoms with Crippen LogP contribution < -0.4 is 10.1 Å². The number of hydrogen-bond donors (Lipinski definition) is 1. The molecular weight excluding hydrogens is 304 g/mol. The van der Waals surface area contributed by atoms with Gasteiger partial charge in [0.05, 0.1) is 13.2 Å². The van der Waals surface area contributed by atoms with E-state index in [1.54, 1.807) is 7.11 Å². The van der Waals surface area contributed by atoms with Crippen LogP contribution in [0, 0.1) is 6.92 Å². The van der Waals surface area contributed by atoms with Crippen molar-refractivity contribution in [3.63, 3.8) is 0 Å². The van der Waals surface area contributed by atoms with Crippen LogP contribution in [0.4, 0.5) is 0 Å². The van der Waals surface area contributed by atoms with E-state index in [2.05, 4.69) is 32.3 Å². The molecule has 2 rings (SSSR count). The average molecular weight is 321 g/mol. The summed E-state index contributed by atoms with van der Waals surface area (Å²) >= 11 is 3.60. The summed E-state index contributed by atoms with van der Waals surface area (Å²) in [5.74, 6) is 0.846. The first-order chi connectivity index (χ1) is 9.15.